The fourth-order valence-electron chi connectivity index (χ4n) is 2.34. The Morgan fingerprint density at radius 2 is 1.92 bits per heavy atom. The minimum Gasteiger partial charge on any atom is -0.494 e. The standard InChI is InChI=1S/C17H22F3NO3/c1-2-9-23-14-6-3-13(4-7-14)5-8-16(22)21-10-15(11-21)24-12-17(18,19)20/h3-4,6-7,15H,2,5,8-12H2,1H3. The second kappa shape index (κ2) is 8.37. The Balaban J connectivity index is 1.65. The summed E-state index contributed by atoms with van der Waals surface area (Å²) >= 11 is 0. The molecule has 24 heavy (non-hydrogen) atoms. The van der Waals surface area contributed by atoms with Gasteiger partial charge in [-0.1, -0.05) is 19.1 Å². The van der Waals surface area contributed by atoms with Crippen LogP contribution in [0.2, 0.25) is 0 Å². The van der Waals surface area contributed by atoms with Crippen molar-refractivity contribution in [2.24, 2.45) is 0 Å². The van der Waals surface area contributed by atoms with Gasteiger partial charge >= 0.3 is 6.18 Å². The maximum atomic E-state index is 12.0. The zero-order valence-electron chi connectivity index (χ0n) is 13.6. The fraction of sp³-hybridized carbons (Fsp3) is 0.588. The molecule has 0 spiro atoms. The molecule has 0 N–H and O–H groups in total. The largest absolute Gasteiger partial charge is 0.494 e. The van der Waals surface area contributed by atoms with Gasteiger partial charge in [-0.05, 0) is 30.5 Å². The molecule has 0 atom stereocenters. The molecule has 4 nitrogen and oxygen atoms in total. The van der Waals surface area contributed by atoms with Crippen LogP contribution in [0, 0.1) is 0 Å². The number of likely N-dealkylation sites (tertiary alicyclic amines) is 1. The molecule has 1 aromatic rings. The van der Waals surface area contributed by atoms with Crippen LogP contribution in [0.3, 0.4) is 0 Å². The van der Waals surface area contributed by atoms with Crippen molar-refractivity contribution < 1.29 is 27.4 Å². The normalized spacial score (nSPS) is 15.2. The first-order chi connectivity index (χ1) is 11.4. The summed E-state index contributed by atoms with van der Waals surface area (Å²) in [5.74, 6) is 0.743. The third kappa shape index (κ3) is 6.03. The van der Waals surface area contributed by atoms with Gasteiger partial charge in [0.25, 0.3) is 0 Å². The molecular formula is C17H22F3NO3. The van der Waals surface area contributed by atoms with Crippen molar-refractivity contribution in [1.82, 2.24) is 4.90 Å². The summed E-state index contributed by atoms with van der Waals surface area (Å²) in [6.45, 7) is 1.92. The van der Waals surface area contributed by atoms with Crippen LogP contribution in [0.5, 0.6) is 5.75 Å². The number of alkyl halides is 3. The van der Waals surface area contributed by atoms with Gasteiger partial charge in [-0.25, -0.2) is 0 Å². The first kappa shape index (κ1) is 18.6. The number of halogens is 3. The van der Waals surface area contributed by atoms with E-state index in [4.69, 9.17) is 9.47 Å². The maximum absolute atomic E-state index is 12.0. The van der Waals surface area contributed by atoms with Gasteiger partial charge in [0.2, 0.25) is 5.91 Å². The Hall–Kier alpha value is -1.76. The van der Waals surface area contributed by atoms with E-state index in [0.717, 1.165) is 17.7 Å². The van der Waals surface area contributed by atoms with E-state index in [9.17, 15) is 18.0 Å². The number of hydrogen-bond acceptors (Lipinski definition) is 3. The second-order valence-electron chi connectivity index (χ2n) is 5.84. The Labute approximate surface area is 139 Å². The first-order valence-corrected chi connectivity index (χ1v) is 8.05. The molecule has 2 rings (SSSR count). The molecular weight excluding hydrogens is 323 g/mol. The highest BCUT2D eigenvalue weighted by Gasteiger charge is 2.35. The van der Waals surface area contributed by atoms with Crippen LogP contribution < -0.4 is 4.74 Å². The number of amides is 1. The van der Waals surface area contributed by atoms with E-state index in [1.165, 1.54) is 4.90 Å². The van der Waals surface area contributed by atoms with Crippen LogP contribution in [0.25, 0.3) is 0 Å². The highest BCUT2D eigenvalue weighted by Crippen LogP contribution is 2.20. The zero-order valence-corrected chi connectivity index (χ0v) is 13.6. The van der Waals surface area contributed by atoms with Crippen molar-refractivity contribution in [1.29, 1.82) is 0 Å². The van der Waals surface area contributed by atoms with Crippen LogP contribution in [-0.4, -0.2) is 49.4 Å². The van der Waals surface area contributed by atoms with E-state index < -0.39 is 18.9 Å². The molecule has 7 heteroatoms. The maximum Gasteiger partial charge on any atom is 0.411 e. The van der Waals surface area contributed by atoms with Crippen molar-refractivity contribution in [2.75, 3.05) is 26.3 Å². The molecule has 1 aliphatic rings. The lowest BCUT2D eigenvalue weighted by molar-refractivity contribution is -0.200. The Morgan fingerprint density at radius 3 is 2.50 bits per heavy atom. The average Bonchev–Trinajstić information content (AvgIpc) is 2.49. The fourth-order valence-corrected chi connectivity index (χ4v) is 2.34. The van der Waals surface area contributed by atoms with Crippen molar-refractivity contribution in [3.63, 3.8) is 0 Å². The average molecular weight is 345 g/mol. The quantitative estimate of drug-likeness (QED) is 0.726. The van der Waals surface area contributed by atoms with Crippen molar-refractivity contribution in [3.05, 3.63) is 29.8 Å². The zero-order chi connectivity index (χ0) is 17.6. The van der Waals surface area contributed by atoms with E-state index in [2.05, 4.69) is 0 Å². The summed E-state index contributed by atoms with van der Waals surface area (Å²) in [6.07, 6.45) is -2.96. The third-order valence-electron chi connectivity index (χ3n) is 3.71. The third-order valence-corrected chi connectivity index (χ3v) is 3.71. The molecule has 134 valence electrons. The van der Waals surface area contributed by atoms with Crippen LogP contribution in [0.4, 0.5) is 13.2 Å². The van der Waals surface area contributed by atoms with Gasteiger partial charge in [-0.15, -0.1) is 0 Å². The molecule has 0 radical (unpaired) electrons. The molecule has 0 saturated carbocycles. The second-order valence-corrected chi connectivity index (χ2v) is 5.84. The molecule has 1 fully saturated rings. The van der Waals surface area contributed by atoms with Crippen LogP contribution >= 0.6 is 0 Å². The monoisotopic (exact) mass is 345 g/mol. The summed E-state index contributed by atoms with van der Waals surface area (Å²) in [5, 5.41) is 0. The van der Waals surface area contributed by atoms with Gasteiger partial charge in [-0.2, -0.15) is 13.2 Å². The van der Waals surface area contributed by atoms with Gasteiger partial charge < -0.3 is 14.4 Å². The number of benzene rings is 1. The van der Waals surface area contributed by atoms with Crippen LogP contribution in [0.1, 0.15) is 25.3 Å². The number of hydrogen-bond donors (Lipinski definition) is 0. The molecule has 0 aromatic heterocycles. The van der Waals surface area contributed by atoms with Crippen molar-refractivity contribution in [2.45, 2.75) is 38.5 Å². The topological polar surface area (TPSA) is 38.8 Å². The smallest absolute Gasteiger partial charge is 0.411 e. The van der Waals surface area contributed by atoms with Crippen LogP contribution in [0.15, 0.2) is 24.3 Å². The van der Waals surface area contributed by atoms with E-state index >= 15 is 0 Å². The Morgan fingerprint density at radius 1 is 1.25 bits per heavy atom. The molecule has 0 aliphatic carbocycles. The molecule has 1 aromatic carbocycles. The van der Waals surface area contributed by atoms with E-state index in [-0.39, 0.29) is 19.0 Å². The van der Waals surface area contributed by atoms with E-state index in [0.29, 0.717) is 19.4 Å². The Kier molecular flexibility index (Phi) is 6.48. The summed E-state index contributed by atoms with van der Waals surface area (Å²) in [6, 6.07) is 7.59. The minimum atomic E-state index is -4.32. The highest BCUT2D eigenvalue weighted by atomic mass is 19.4. The number of aryl methyl sites for hydroxylation is 1. The summed E-state index contributed by atoms with van der Waals surface area (Å²) < 4.78 is 46.3. The summed E-state index contributed by atoms with van der Waals surface area (Å²) in [7, 11) is 0. The predicted molar refractivity (Wildman–Crippen MR) is 82.9 cm³/mol. The lowest BCUT2D eigenvalue weighted by Gasteiger charge is -2.39. The molecule has 1 amide bonds. The number of ether oxygens (including phenoxy) is 2. The lowest BCUT2D eigenvalue weighted by atomic mass is 10.1. The summed E-state index contributed by atoms with van der Waals surface area (Å²) in [4.78, 5) is 13.5. The Bertz CT molecular complexity index is 525. The molecule has 1 heterocycles. The molecule has 1 saturated heterocycles. The molecule has 0 bridgehead atoms. The molecule has 0 unspecified atom stereocenters. The van der Waals surface area contributed by atoms with Gasteiger partial charge in [0.1, 0.15) is 12.4 Å². The number of carbonyl (C=O) groups is 1. The number of rotatable bonds is 8. The molecule has 1 aliphatic heterocycles. The summed E-state index contributed by atoms with van der Waals surface area (Å²) in [5.41, 5.74) is 1.03. The van der Waals surface area contributed by atoms with Gasteiger partial charge in [-0.3, -0.25) is 4.79 Å². The number of carbonyl (C=O) groups excluding carboxylic acids is 1. The van der Waals surface area contributed by atoms with Gasteiger partial charge in [0.05, 0.1) is 12.7 Å². The highest BCUT2D eigenvalue weighted by molar-refractivity contribution is 5.77. The van der Waals surface area contributed by atoms with Crippen molar-refractivity contribution in [3.8, 4) is 5.75 Å². The van der Waals surface area contributed by atoms with Gasteiger partial charge in [0, 0.05) is 19.5 Å². The SMILES string of the molecule is CCCOc1ccc(CCC(=O)N2CC(OCC(F)(F)F)C2)cc1. The number of nitrogens with zero attached hydrogens (tertiary/aromatic N) is 1. The van der Waals surface area contributed by atoms with E-state index in [1.807, 2.05) is 31.2 Å². The van der Waals surface area contributed by atoms with Gasteiger partial charge in [0.15, 0.2) is 0 Å². The van der Waals surface area contributed by atoms with Crippen LogP contribution in [-0.2, 0) is 16.0 Å². The minimum absolute atomic E-state index is 0.0619. The lowest BCUT2D eigenvalue weighted by Crippen LogP contribution is -2.55. The van der Waals surface area contributed by atoms with Crippen molar-refractivity contribution >= 4 is 5.91 Å². The first-order valence-electron chi connectivity index (χ1n) is 8.05. The van der Waals surface area contributed by atoms with E-state index in [1.54, 1.807) is 0 Å². The predicted octanol–water partition coefficient (Wildman–Crippen LogP) is 3.20.